The van der Waals surface area contributed by atoms with Crippen LogP contribution >= 0.6 is 23.2 Å². The first-order valence-electron chi connectivity index (χ1n) is 7.19. The molecule has 3 rings (SSSR count). The number of anilines is 1. The molecule has 1 aliphatic carbocycles. The van der Waals surface area contributed by atoms with Crippen molar-refractivity contribution >= 4 is 29.2 Å². The van der Waals surface area contributed by atoms with Gasteiger partial charge in [-0.1, -0.05) is 29.3 Å². The number of hydrogen-bond donors (Lipinski definition) is 1. The topological polar surface area (TPSA) is 41.1 Å². The Bertz CT molecular complexity index is 666. The summed E-state index contributed by atoms with van der Waals surface area (Å²) in [5.41, 5.74) is 2.13. The Hall–Kier alpha value is -1.36. The first-order chi connectivity index (χ1) is 10.5. The van der Waals surface area contributed by atoms with E-state index in [0.717, 1.165) is 29.0 Å². The van der Waals surface area contributed by atoms with Gasteiger partial charge in [0.2, 0.25) is 5.95 Å². The van der Waals surface area contributed by atoms with Crippen LogP contribution in [-0.4, -0.2) is 24.1 Å². The number of benzene rings is 1. The molecule has 2 aromatic rings. The van der Waals surface area contributed by atoms with Gasteiger partial charge in [-0.25, -0.2) is 9.97 Å². The van der Waals surface area contributed by atoms with Crippen LogP contribution in [-0.2, 0) is 12.1 Å². The molecular weight excluding hydrogens is 319 g/mol. The van der Waals surface area contributed by atoms with E-state index in [1.165, 1.54) is 0 Å². The number of aromatic nitrogens is 2. The number of hydrogen-bond acceptors (Lipinski definition) is 4. The number of rotatable bonds is 5. The smallest absolute Gasteiger partial charge is 0.224 e. The highest BCUT2D eigenvalue weighted by Crippen LogP contribution is 2.48. The molecule has 0 amide bonds. The molecule has 0 bridgehead atoms. The first-order valence-corrected chi connectivity index (χ1v) is 7.95. The minimum absolute atomic E-state index is 0.0398. The third kappa shape index (κ3) is 3.19. The summed E-state index contributed by atoms with van der Waals surface area (Å²) in [6.07, 6.45) is 5.86. The SMILES string of the molecule is CN(C)c1ncc(CNC2(c3ccc(Cl)cc3Cl)CC2)cn1. The largest absolute Gasteiger partial charge is 0.347 e. The lowest BCUT2D eigenvalue weighted by Gasteiger charge is -2.19. The molecule has 1 heterocycles. The van der Waals surface area contributed by atoms with Gasteiger partial charge in [0, 0.05) is 54.2 Å². The lowest BCUT2D eigenvalue weighted by molar-refractivity contribution is 0.517. The zero-order valence-corrected chi connectivity index (χ0v) is 14.1. The summed E-state index contributed by atoms with van der Waals surface area (Å²) in [4.78, 5) is 10.5. The molecule has 1 aromatic carbocycles. The van der Waals surface area contributed by atoms with Crippen LogP contribution in [0.3, 0.4) is 0 Å². The minimum atomic E-state index is -0.0398. The average molecular weight is 337 g/mol. The molecule has 6 heteroatoms. The molecule has 1 fully saturated rings. The van der Waals surface area contributed by atoms with E-state index in [4.69, 9.17) is 23.2 Å². The summed E-state index contributed by atoms with van der Waals surface area (Å²) < 4.78 is 0. The maximum Gasteiger partial charge on any atom is 0.224 e. The van der Waals surface area contributed by atoms with E-state index in [1.54, 1.807) is 6.07 Å². The number of halogens is 2. The molecule has 4 nitrogen and oxygen atoms in total. The van der Waals surface area contributed by atoms with Crippen LogP contribution < -0.4 is 10.2 Å². The molecule has 1 aliphatic rings. The van der Waals surface area contributed by atoms with E-state index in [1.807, 2.05) is 43.5 Å². The van der Waals surface area contributed by atoms with Crippen LogP contribution in [0.4, 0.5) is 5.95 Å². The van der Waals surface area contributed by atoms with Crippen LogP contribution in [0.25, 0.3) is 0 Å². The number of nitrogens with zero attached hydrogens (tertiary/aromatic N) is 3. The molecule has 22 heavy (non-hydrogen) atoms. The molecule has 1 saturated carbocycles. The normalized spacial score (nSPS) is 15.6. The van der Waals surface area contributed by atoms with Crippen molar-refractivity contribution < 1.29 is 0 Å². The van der Waals surface area contributed by atoms with Crippen molar-refractivity contribution in [3.63, 3.8) is 0 Å². The molecule has 0 saturated heterocycles. The van der Waals surface area contributed by atoms with Gasteiger partial charge in [-0.3, -0.25) is 0 Å². The zero-order valence-electron chi connectivity index (χ0n) is 12.6. The second-order valence-corrected chi connectivity index (χ2v) is 6.69. The van der Waals surface area contributed by atoms with Crippen LogP contribution in [0.5, 0.6) is 0 Å². The summed E-state index contributed by atoms with van der Waals surface area (Å²) in [6.45, 7) is 0.715. The Morgan fingerprint density at radius 2 is 1.86 bits per heavy atom. The Morgan fingerprint density at radius 1 is 1.18 bits per heavy atom. The third-order valence-corrected chi connectivity index (χ3v) is 4.47. The van der Waals surface area contributed by atoms with Crippen LogP contribution in [0.1, 0.15) is 24.0 Å². The summed E-state index contributed by atoms with van der Waals surface area (Å²) in [7, 11) is 3.85. The summed E-state index contributed by atoms with van der Waals surface area (Å²) in [5.74, 6) is 0.714. The van der Waals surface area contributed by atoms with Crippen molar-refractivity contribution in [2.24, 2.45) is 0 Å². The van der Waals surface area contributed by atoms with Crippen molar-refractivity contribution in [1.29, 1.82) is 0 Å². The Morgan fingerprint density at radius 3 is 2.41 bits per heavy atom. The highest BCUT2D eigenvalue weighted by molar-refractivity contribution is 6.35. The highest BCUT2D eigenvalue weighted by Gasteiger charge is 2.45. The maximum absolute atomic E-state index is 6.34. The maximum atomic E-state index is 6.34. The quantitative estimate of drug-likeness (QED) is 0.905. The second-order valence-electron chi connectivity index (χ2n) is 5.85. The van der Waals surface area contributed by atoms with Crippen molar-refractivity contribution in [3.05, 3.63) is 51.8 Å². The zero-order chi connectivity index (χ0) is 15.7. The molecule has 0 spiro atoms. The average Bonchev–Trinajstić information content (AvgIpc) is 3.26. The van der Waals surface area contributed by atoms with Gasteiger partial charge in [0.1, 0.15) is 0 Å². The second kappa shape index (κ2) is 6.03. The minimum Gasteiger partial charge on any atom is -0.347 e. The van der Waals surface area contributed by atoms with E-state index >= 15 is 0 Å². The Kier molecular flexibility index (Phi) is 4.26. The van der Waals surface area contributed by atoms with Crippen LogP contribution in [0.2, 0.25) is 10.0 Å². The molecule has 0 radical (unpaired) electrons. The lowest BCUT2D eigenvalue weighted by atomic mass is 10.0. The summed E-state index contributed by atoms with van der Waals surface area (Å²) >= 11 is 12.3. The summed E-state index contributed by atoms with van der Waals surface area (Å²) in [5, 5.41) is 4.97. The van der Waals surface area contributed by atoms with Gasteiger partial charge in [0.15, 0.2) is 0 Å². The fourth-order valence-electron chi connectivity index (χ4n) is 2.49. The summed E-state index contributed by atoms with van der Waals surface area (Å²) in [6, 6.07) is 5.70. The van der Waals surface area contributed by atoms with Gasteiger partial charge in [-0.05, 0) is 30.5 Å². The van der Waals surface area contributed by atoms with E-state index < -0.39 is 0 Å². The molecule has 0 aliphatic heterocycles. The monoisotopic (exact) mass is 336 g/mol. The highest BCUT2D eigenvalue weighted by atomic mass is 35.5. The predicted octanol–water partition coefficient (Wildman–Crippen LogP) is 3.63. The fourth-order valence-corrected chi connectivity index (χ4v) is 3.07. The lowest BCUT2D eigenvalue weighted by Crippen LogP contribution is -2.29. The standard InChI is InChI=1S/C16H18Cl2N4/c1-22(2)15-19-8-11(9-20-15)10-21-16(5-6-16)13-4-3-12(17)7-14(13)18/h3-4,7-9,21H,5-6,10H2,1-2H3. The van der Waals surface area contributed by atoms with Gasteiger partial charge in [-0.2, -0.15) is 0 Å². The van der Waals surface area contributed by atoms with Crippen molar-refractivity contribution in [2.75, 3.05) is 19.0 Å². The molecule has 0 atom stereocenters. The van der Waals surface area contributed by atoms with Crippen LogP contribution in [0.15, 0.2) is 30.6 Å². The van der Waals surface area contributed by atoms with Gasteiger partial charge >= 0.3 is 0 Å². The van der Waals surface area contributed by atoms with Crippen molar-refractivity contribution in [3.8, 4) is 0 Å². The number of nitrogens with one attached hydrogen (secondary N) is 1. The van der Waals surface area contributed by atoms with Gasteiger partial charge < -0.3 is 10.2 Å². The Labute approximate surface area is 140 Å². The van der Waals surface area contributed by atoms with Crippen LogP contribution in [0, 0.1) is 0 Å². The predicted molar refractivity (Wildman–Crippen MR) is 90.6 cm³/mol. The first kappa shape index (κ1) is 15.5. The van der Waals surface area contributed by atoms with Crippen molar-refractivity contribution in [1.82, 2.24) is 15.3 Å². The van der Waals surface area contributed by atoms with E-state index in [2.05, 4.69) is 15.3 Å². The van der Waals surface area contributed by atoms with E-state index in [9.17, 15) is 0 Å². The third-order valence-electron chi connectivity index (χ3n) is 3.92. The Balaban J connectivity index is 1.70. The molecule has 1 aromatic heterocycles. The molecule has 116 valence electrons. The molecular formula is C16H18Cl2N4. The molecule has 0 unspecified atom stereocenters. The van der Waals surface area contributed by atoms with E-state index in [0.29, 0.717) is 17.5 Å². The molecule has 1 N–H and O–H groups in total. The van der Waals surface area contributed by atoms with Gasteiger partial charge in [0.05, 0.1) is 0 Å². The van der Waals surface area contributed by atoms with Gasteiger partial charge in [-0.15, -0.1) is 0 Å². The fraction of sp³-hybridized carbons (Fsp3) is 0.375. The van der Waals surface area contributed by atoms with Crippen molar-refractivity contribution in [2.45, 2.75) is 24.9 Å². The van der Waals surface area contributed by atoms with E-state index in [-0.39, 0.29) is 5.54 Å². The van der Waals surface area contributed by atoms with Gasteiger partial charge in [0.25, 0.3) is 0 Å².